The van der Waals surface area contributed by atoms with Crippen LogP contribution in [0.15, 0.2) is 235 Å². The Morgan fingerprint density at radius 3 is 1.64 bits per heavy atom. The average molecular weight is 899 g/mol. The van der Waals surface area contributed by atoms with Gasteiger partial charge in [-0.15, -0.1) is 11.3 Å². The number of thiophene rings is 1. The molecule has 0 unspecified atom stereocenters. The van der Waals surface area contributed by atoms with Crippen LogP contribution in [0.25, 0.3) is 137 Å². The zero-order chi connectivity index (χ0) is 45.4. The Balaban J connectivity index is 0.920. The lowest BCUT2D eigenvalue weighted by atomic mass is 9.95. The second-order valence-corrected chi connectivity index (χ2v) is 18.6. The minimum absolute atomic E-state index is 0.584. The summed E-state index contributed by atoms with van der Waals surface area (Å²) < 4.78 is 11.6. The summed E-state index contributed by atoms with van der Waals surface area (Å²) in [6.45, 7) is 0. The number of hydrogen-bond donors (Lipinski definition) is 0. The van der Waals surface area contributed by atoms with Gasteiger partial charge in [0.25, 0.3) is 0 Å². The monoisotopic (exact) mass is 898 g/mol. The molecule has 322 valence electrons. The fourth-order valence-corrected chi connectivity index (χ4v) is 11.4. The van der Waals surface area contributed by atoms with Crippen molar-refractivity contribution in [3.05, 3.63) is 231 Å². The normalized spacial score (nSPS) is 11.8. The molecule has 0 aliphatic heterocycles. The molecule has 0 N–H and O–H groups in total. The Morgan fingerprint density at radius 1 is 0.319 bits per heavy atom. The van der Waals surface area contributed by atoms with Crippen molar-refractivity contribution >= 4 is 75.3 Å². The second kappa shape index (κ2) is 15.8. The van der Waals surface area contributed by atoms with Gasteiger partial charge in [-0.05, 0) is 100 Å². The highest BCUT2D eigenvalue weighted by molar-refractivity contribution is 7.25. The lowest BCUT2D eigenvalue weighted by molar-refractivity contribution is 0.669. The molecule has 69 heavy (non-hydrogen) atoms. The number of para-hydroxylation sites is 1. The summed E-state index contributed by atoms with van der Waals surface area (Å²) in [4.78, 5) is 15.8. The van der Waals surface area contributed by atoms with Crippen LogP contribution in [0.1, 0.15) is 0 Å². The quantitative estimate of drug-likeness (QED) is 0.160. The average Bonchev–Trinajstić information content (AvgIpc) is 4.10. The van der Waals surface area contributed by atoms with Gasteiger partial charge < -0.3 is 8.98 Å². The van der Waals surface area contributed by atoms with Crippen LogP contribution < -0.4 is 0 Å². The van der Waals surface area contributed by atoms with Gasteiger partial charge in [0.05, 0.1) is 11.0 Å². The first-order valence-electron chi connectivity index (χ1n) is 23.2. The third-order valence-electron chi connectivity index (χ3n) is 13.5. The van der Waals surface area contributed by atoms with E-state index in [4.69, 9.17) is 19.4 Å². The van der Waals surface area contributed by atoms with E-state index < -0.39 is 0 Å². The SMILES string of the molecule is c1ccc(-c2ccc3c(c2)c2cc(-c4ccc5c(c4)oc4cccc(-c6nc(-c7ccccc7)nc(-c7ccccc7-c7cccc8sc9ccccc9c78)n6)c45)ccc2n3-c2ccccc2)cc1. The Hall–Kier alpha value is -8.97. The van der Waals surface area contributed by atoms with E-state index in [9.17, 15) is 0 Å². The van der Waals surface area contributed by atoms with E-state index in [1.165, 1.54) is 47.6 Å². The Labute approximate surface area is 400 Å². The molecule has 0 radical (unpaired) electrons. The lowest BCUT2D eigenvalue weighted by Gasteiger charge is -2.13. The highest BCUT2D eigenvalue weighted by atomic mass is 32.1. The molecule has 0 fully saturated rings. The highest BCUT2D eigenvalue weighted by Gasteiger charge is 2.22. The summed E-state index contributed by atoms with van der Waals surface area (Å²) in [6, 6.07) is 81.5. The number of nitrogens with zero attached hydrogens (tertiary/aromatic N) is 4. The van der Waals surface area contributed by atoms with E-state index in [-0.39, 0.29) is 0 Å². The maximum atomic E-state index is 6.76. The van der Waals surface area contributed by atoms with Crippen molar-refractivity contribution in [2.75, 3.05) is 0 Å². The van der Waals surface area contributed by atoms with Crippen molar-refractivity contribution in [2.24, 2.45) is 0 Å². The van der Waals surface area contributed by atoms with Crippen LogP contribution in [0.3, 0.4) is 0 Å². The predicted molar refractivity (Wildman–Crippen MR) is 287 cm³/mol. The number of rotatable bonds is 7. The molecule has 0 spiro atoms. The molecule has 4 heterocycles. The number of benzene rings is 10. The molecule has 10 aromatic carbocycles. The van der Waals surface area contributed by atoms with Gasteiger partial charge >= 0.3 is 0 Å². The van der Waals surface area contributed by atoms with Crippen molar-refractivity contribution < 1.29 is 4.42 Å². The van der Waals surface area contributed by atoms with Crippen LogP contribution in [0.4, 0.5) is 0 Å². The second-order valence-electron chi connectivity index (χ2n) is 17.5. The summed E-state index contributed by atoms with van der Waals surface area (Å²) in [7, 11) is 0. The maximum absolute atomic E-state index is 6.76. The van der Waals surface area contributed by atoms with Gasteiger partial charge in [0.1, 0.15) is 11.2 Å². The molecule has 14 rings (SSSR count). The van der Waals surface area contributed by atoms with E-state index >= 15 is 0 Å². The zero-order valence-corrected chi connectivity index (χ0v) is 37.9. The van der Waals surface area contributed by atoms with Crippen LogP contribution in [0, 0.1) is 0 Å². The topological polar surface area (TPSA) is 56.7 Å². The molecule has 0 aliphatic rings. The van der Waals surface area contributed by atoms with Gasteiger partial charge in [-0.25, -0.2) is 15.0 Å². The van der Waals surface area contributed by atoms with E-state index in [1.807, 2.05) is 41.7 Å². The highest BCUT2D eigenvalue weighted by Crippen LogP contribution is 2.44. The Kier molecular flexibility index (Phi) is 9.00. The molecule has 6 heteroatoms. The number of aromatic nitrogens is 4. The summed E-state index contributed by atoms with van der Waals surface area (Å²) in [5, 5.41) is 6.86. The standard InChI is InChI=1S/C63H38N4OS/c1-4-16-39(17-5-1)41-31-34-53-51(36-41)52-37-42(32-35-54(52)67(53)44-20-8-3-9-21-44)43-30-33-48-56(38-43)68-55-27-14-26-50(59(48)55)63-65-61(40-18-6-2-7-19-40)64-62(66-63)47-23-11-10-22-45(47)46-25-15-29-58-60(46)49-24-12-13-28-57(49)69-58/h1-38H. The molecule has 0 amide bonds. The summed E-state index contributed by atoms with van der Waals surface area (Å²) in [5.74, 6) is 1.80. The van der Waals surface area contributed by atoms with Crippen LogP contribution >= 0.6 is 11.3 Å². The molecule has 4 aromatic heterocycles. The minimum atomic E-state index is 0.584. The van der Waals surface area contributed by atoms with Crippen molar-refractivity contribution in [1.29, 1.82) is 0 Å². The van der Waals surface area contributed by atoms with Crippen molar-refractivity contribution in [3.8, 4) is 73.2 Å². The molecule has 0 aliphatic carbocycles. The zero-order valence-electron chi connectivity index (χ0n) is 37.0. The van der Waals surface area contributed by atoms with Gasteiger partial charge in [0, 0.05) is 64.1 Å². The minimum Gasteiger partial charge on any atom is -0.456 e. The van der Waals surface area contributed by atoms with E-state index in [1.54, 1.807) is 0 Å². The molecule has 0 bridgehead atoms. The van der Waals surface area contributed by atoms with Crippen LogP contribution in [-0.4, -0.2) is 19.5 Å². The Morgan fingerprint density at radius 2 is 0.870 bits per heavy atom. The molecular formula is C63H38N4OS. The van der Waals surface area contributed by atoms with E-state index in [0.29, 0.717) is 17.5 Å². The van der Waals surface area contributed by atoms with Gasteiger partial charge in [-0.2, -0.15) is 0 Å². The third-order valence-corrected chi connectivity index (χ3v) is 14.6. The van der Waals surface area contributed by atoms with Crippen molar-refractivity contribution in [2.45, 2.75) is 0 Å². The fourth-order valence-electron chi connectivity index (χ4n) is 10.3. The summed E-state index contributed by atoms with van der Waals surface area (Å²) >= 11 is 1.82. The largest absolute Gasteiger partial charge is 0.456 e. The first-order valence-corrected chi connectivity index (χ1v) is 24.0. The smallest absolute Gasteiger partial charge is 0.164 e. The Bertz CT molecular complexity index is 4310. The van der Waals surface area contributed by atoms with Gasteiger partial charge in [-0.3, -0.25) is 0 Å². The van der Waals surface area contributed by atoms with Crippen LogP contribution in [0.5, 0.6) is 0 Å². The van der Waals surface area contributed by atoms with Crippen molar-refractivity contribution in [1.82, 2.24) is 19.5 Å². The molecule has 14 aromatic rings. The van der Waals surface area contributed by atoms with Crippen LogP contribution in [0.2, 0.25) is 0 Å². The first kappa shape index (κ1) is 39.2. The summed E-state index contributed by atoms with van der Waals surface area (Å²) in [5.41, 5.74) is 14.6. The summed E-state index contributed by atoms with van der Waals surface area (Å²) in [6.07, 6.45) is 0. The van der Waals surface area contributed by atoms with Crippen LogP contribution in [-0.2, 0) is 0 Å². The van der Waals surface area contributed by atoms with Crippen molar-refractivity contribution in [3.63, 3.8) is 0 Å². The maximum Gasteiger partial charge on any atom is 0.164 e. The number of fused-ring (bicyclic) bond motifs is 9. The van der Waals surface area contributed by atoms with Gasteiger partial charge in [-0.1, -0.05) is 164 Å². The fraction of sp³-hybridized carbons (Fsp3) is 0. The molecule has 5 nitrogen and oxygen atoms in total. The van der Waals surface area contributed by atoms with E-state index in [2.05, 4.69) is 205 Å². The molecule has 0 atom stereocenters. The first-order chi connectivity index (χ1) is 34.2. The van der Waals surface area contributed by atoms with Gasteiger partial charge in [0.15, 0.2) is 17.5 Å². The number of hydrogen-bond acceptors (Lipinski definition) is 5. The third kappa shape index (κ3) is 6.49. The molecule has 0 saturated carbocycles. The molecular weight excluding hydrogens is 861 g/mol. The van der Waals surface area contributed by atoms with Gasteiger partial charge in [0.2, 0.25) is 0 Å². The number of furan rings is 1. The lowest BCUT2D eigenvalue weighted by Crippen LogP contribution is -2.01. The molecule has 0 saturated heterocycles. The van der Waals surface area contributed by atoms with E-state index in [0.717, 1.165) is 72.1 Å². The predicted octanol–water partition coefficient (Wildman–Crippen LogP) is 17.2.